The minimum absolute atomic E-state index is 0.183. The van der Waals surface area contributed by atoms with E-state index in [0.717, 1.165) is 17.4 Å². The normalized spacial score (nSPS) is 16.1. The molecule has 1 amide bonds. The van der Waals surface area contributed by atoms with Crippen molar-refractivity contribution in [2.24, 2.45) is 7.05 Å². The third kappa shape index (κ3) is 6.32. The van der Waals surface area contributed by atoms with Gasteiger partial charge in [0.2, 0.25) is 5.95 Å². The van der Waals surface area contributed by atoms with Gasteiger partial charge in [0.25, 0.3) is 5.56 Å². The summed E-state index contributed by atoms with van der Waals surface area (Å²) < 4.78 is 9.42. The van der Waals surface area contributed by atoms with E-state index < -0.39 is 22.9 Å². The van der Waals surface area contributed by atoms with Crippen LogP contribution in [0.5, 0.6) is 0 Å². The first kappa shape index (κ1) is 28.3. The van der Waals surface area contributed by atoms with E-state index in [-0.39, 0.29) is 29.5 Å². The number of aromatic nitrogens is 4. The highest BCUT2D eigenvalue weighted by Gasteiger charge is 2.29. The Morgan fingerprint density at radius 3 is 2.56 bits per heavy atom. The summed E-state index contributed by atoms with van der Waals surface area (Å²) in [5.74, 6) is 0.165. The van der Waals surface area contributed by atoms with Crippen molar-refractivity contribution in [2.75, 3.05) is 18.0 Å². The van der Waals surface area contributed by atoms with E-state index in [2.05, 4.69) is 21.2 Å². The number of alkyl carbamates (subject to hydrolysis) is 1. The van der Waals surface area contributed by atoms with Gasteiger partial charge in [-0.2, -0.15) is 4.98 Å². The molecule has 39 heavy (non-hydrogen) atoms. The lowest BCUT2D eigenvalue weighted by molar-refractivity contribution is 0.0499. The Bertz CT molecular complexity index is 1520. The zero-order valence-electron chi connectivity index (χ0n) is 22.5. The second-order valence-electron chi connectivity index (χ2n) is 10.5. The number of fused-ring (bicyclic) bond motifs is 1. The van der Waals surface area contributed by atoms with Crippen molar-refractivity contribution in [1.82, 2.24) is 24.0 Å². The van der Waals surface area contributed by atoms with Crippen LogP contribution >= 0.6 is 15.9 Å². The first-order chi connectivity index (χ1) is 18.5. The van der Waals surface area contributed by atoms with Gasteiger partial charge < -0.3 is 19.5 Å². The van der Waals surface area contributed by atoms with Crippen LogP contribution in [0.3, 0.4) is 0 Å². The molecule has 2 aromatic heterocycles. The Morgan fingerprint density at radius 2 is 1.90 bits per heavy atom. The molecule has 0 saturated carbocycles. The van der Waals surface area contributed by atoms with Crippen molar-refractivity contribution in [3.63, 3.8) is 0 Å². The van der Waals surface area contributed by atoms with Gasteiger partial charge in [0, 0.05) is 38.3 Å². The Balaban J connectivity index is 1.73. The lowest BCUT2D eigenvalue weighted by Gasteiger charge is -2.34. The molecule has 0 radical (unpaired) electrons. The molecule has 4 rings (SSSR count). The molecule has 0 aliphatic carbocycles. The highest BCUT2D eigenvalue weighted by atomic mass is 79.9. The minimum atomic E-state index is -0.618. The van der Waals surface area contributed by atoms with Crippen LogP contribution in [0.2, 0.25) is 0 Å². The summed E-state index contributed by atoms with van der Waals surface area (Å²) in [5.41, 5.74) is -0.943. The summed E-state index contributed by atoms with van der Waals surface area (Å²) in [6.07, 6.45) is 2.88. The molecule has 1 aliphatic rings. The largest absolute Gasteiger partial charge is 0.444 e. The number of hydrogen-bond acceptors (Lipinski definition) is 7. The predicted octanol–water partition coefficient (Wildman–Crippen LogP) is 3.18. The molecule has 1 aliphatic heterocycles. The number of carbonyl (C=O) groups excluding carboxylic acids is 2. The minimum Gasteiger partial charge on any atom is -0.444 e. The number of ketones is 1. The molecule has 1 atom stereocenters. The van der Waals surface area contributed by atoms with E-state index in [4.69, 9.17) is 9.72 Å². The molecule has 208 valence electrons. The van der Waals surface area contributed by atoms with E-state index in [1.807, 2.05) is 31.7 Å². The number of halogens is 1. The Hall–Kier alpha value is -3.67. The lowest BCUT2D eigenvalue weighted by Crippen LogP contribution is -2.49. The predicted molar refractivity (Wildman–Crippen MR) is 153 cm³/mol. The monoisotopic (exact) mass is 600 g/mol. The number of Topliss-reactive ketones (excluding diaryl/α,β-unsaturated/α-hetero) is 1. The zero-order valence-corrected chi connectivity index (χ0v) is 24.1. The third-order valence-corrected chi connectivity index (χ3v) is 6.79. The van der Waals surface area contributed by atoms with Crippen molar-refractivity contribution in [2.45, 2.75) is 58.3 Å². The van der Waals surface area contributed by atoms with Crippen molar-refractivity contribution in [3.8, 4) is 0 Å². The SMILES string of the molecule is Cn1c(=O)n(CC(=O)c2ccccc2)c(=O)c2c1nc(N1CCCC(NC(=O)OC(C)(C)C)C1)n2CC=CBr. The fraction of sp³-hybridized carbons (Fsp3) is 0.444. The number of nitrogens with zero attached hydrogens (tertiary/aromatic N) is 5. The van der Waals surface area contributed by atoms with Gasteiger partial charge in [0.15, 0.2) is 16.9 Å². The maximum absolute atomic E-state index is 13.7. The summed E-state index contributed by atoms with van der Waals surface area (Å²) in [4.78, 5) is 60.6. The number of amides is 1. The average Bonchev–Trinajstić information content (AvgIpc) is 3.28. The second-order valence-corrected chi connectivity index (χ2v) is 11.0. The summed E-state index contributed by atoms with van der Waals surface area (Å²) in [6, 6.07) is 8.37. The molecule has 3 heterocycles. The van der Waals surface area contributed by atoms with E-state index in [1.54, 1.807) is 39.9 Å². The molecular formula is C27H33BrN6O5. The molecule has 1 unspecified atom stereocenters. The number of aryl methyl sites for hydroxylation is 1. The molecule has 1 fully saturated rings. The standard InChI is InChI=1S/C27H33BrN6O5/c1-27(2,3)39-25(37)29-19-12-8-14-32(16-19)24-30-22-21(33(24)15-9-13-28)23(36)34(26(38)31(22)4)17-20(35)18-10-6-5-7-11-18/h5-7,9-11,13,19H,8,12,14-17H2,1-4H3,(H,29,37). The quantitative estimate of drug-likeness (QED) is 0.413. The van der Waals surface area contributed by atoms with Gasteiger partial charge in [-0.25, -0.2) is 9.59 Å². The van der Waals surface area contributed by atoms with Crippen LogP contribution in [0, 0.1) is 0 Å². The van der Waals surface area contributed by atoms with Crippen molar-refractivity contribution >= 4 is 44.9 Å². The maximum atomic E-state index is 13.7. The number of imidazole rings is 1. The fourth-order valence-electron chi connectivity index (χ4n) is 4.67. The average molecular weight is 602 g/mol. The Kier molecular flexibility index (Phi) is 8.43. The molecule has 11 nitrogen and oxygen atoms in total. The van der Waals surface area contributed by atoms with E-state index in [0.29, 0.717) is 31.1 Å². The third-order valence-electron chi connectivity index (χ3n) is 6.41. The molecule has 12 heteroatoms. The number of ether oxygens (including phenoxy) is 1. The summed E-state index contributed by atoms with van der Waals surface area (Å²) in [7, 11) is 1.54. The summed E-state index contributed by atoms with van der Waals surface area (Å²) in [5, 5.41) is 2.93. The summed E-state index contributed by atoms with van der Waals surface area (Å²) >= 11 is 3.29. The summed E-state index contributed by atoms with van der Waals surface area (Å²) in [6.45, 7) is 6.46. The smallest absolute Gasteiger partial charge is 0.407 e. The molecule has 0 spiro atoms. The first-order valence-corrected chi connectivity index (χ1v) is 13.7. The number of anilines is 1. The number of piperidine rings is 1. The molecule has 1 aromatic carbocycles. The molecule has 0 bridgehead atoms. The van der Waals surface area contributed by atoms with Crippen LogP contribution in [-0.2, 0) is 24.9 Å². The second kappa shape index (κ2) is 11.6. The maximum Gasteiger partial charge on any atom is 0.407 e. The fourth-order valence-corrected chi connectivity index (χ4v) is 4.84. The topological polar surface area (TPSA) is 120 Å². The van der Waals surface area contributed by atoms with Crippen molar-refractivity contribution < 1.29 is 14.3 Å². The van der Waals surface area contributed by atoms with Crippen LogP contribution < -0.4 is 21.5 Å². The van der Waals surface area contributed by atoms with Gasteiger partial charge in [0.05, 0.1) is 6.54 Å². The van der Waals surface area contributed by atoms with Crippen LogP contribution in [0.4, 0.5) is 10.7 Å². The number of allylic oxidation sites excluding steroid dienone is 1. The highest BCUT2D eigenvalue weighted by Crippen LogP contribution is 2.24. The zero-order chi connectivity index (χ0) is 28.3. The van der Waals surface area contributed by atoms with Crippen molar-refractivity contribution in [3.05, 3.63) is 67.8 Å². The molecule has 1 N–H and O–H groups in total. The molecule has 3 aromatic rings. The van der Waals surface area contributed by atoms with E-state index in [9.17, 15) is 19.2 Å². The number of nitrogens with one attached hydrogen (secondary N) is 1. The molecular weight excluding hydrogens is 568 g/mol. The van der Waals surface area contributed by atoms with Crippen molar-refractivity contribution in [1.29, 1.82) is 0 Å². The van der Waals surface area contributed by atoms with Gasteiger partial charge in [-0.1, -0.05) is 52.3 Å². The van der Waals surface area contributed by atoms with E-state index >= 15 is 0 Å². The van der Waals surface area contributed by atoms with Gasteiger partial charge >= 0.3 is 11.8 Å². The van der Waals surface area contributed by atoms with Crippen LogP contribution in [0.25, 0.3) is 11.2 Å². The Labute approximate surface area is 234 Å². The number of rotatable bonds is 7. The van der Waals surface area contributed by atoms with Crippen LogP contribution in [0.15, 0.2) is 51.0 Å². The van der Waals surface area contributed by atoms with Gasteiger partial charge in [-0.05, 0) is 38.6 Å². The van der Waals surface area contributed by atoms with Crippen LogP contribution in [0.1, 0.15) is 44.0 Å². The van der Waals surface area contributed by atoms with E-state index in [1.165, 1.54) is 11.6 Å². The van der Waals surface area contributed by atoms with Gasteiger partial charge in [-0.15, -0.1) is 0 Å². The number of carbonyl (C=O) groups is 2. The first-order valence-electron chi connectivity index (χ1n) is 12.8. The number of hydrogen-bond donors (Lipinski definition) is 1. The Morgan fingerprint density at radius 1 is 1.18 bits per heavy atom. The molecule has 1 saturated heterocycles. The van der Waals surface area contributed by atoms with Crippen LogP contribution in [-0.4, -0.2) is 55.3 Å². The lowest BCUT2D eigenvalue weighted by atomic mass is 10.1. The highest BCUT2D eigenvalue weighted by molar-refractivity contribution is 9.11. The van der Waals surface area contributed by atoms with Gasteiger partial charge in [-0.3, -0.25) is 18.7 Å². The number of benzene rings is 1. The van der Waals surface area contributed by atoms with Gasteiger partial charge in [0.1, 0.15) is 5.60 Å².